The second kappa shape index (κ2) is 7.39. The third-order valence-corrected chi connectivity index (χ3v) is 5.47. The first-order chi connectivity index (χ1) is 13.7. The van der Waals surface area contributed by atoms with Crippen LogP contribution in [0.5, 0.6) is 0 Å². The van der Waals surface area contributed by atoms with Crippen molar-refractivity contribution >= 4 is 35.7 Å². The van der Waals surface area contributed by atoms with Crippen LogP contribution in [0.15, 0.2) is 48.5 Å². The SMILES string of the molecule is CC(C)(C)OC(=O)N1C[C@H](O)[C@H](O)[C@@H](N2c3ccccc3Bc3ccccc32)C1. The smallest absolute Gasteiger partial charge is 0.410 e. The zero-order valence-electron chi connectivity index (χ0n) is 17.1. The van der Waals surface area contributed by atoms with Crippen molar-refractivity contribution in [1.29, 1.82) is 0 Å². The highest BCUT2D eigenvalue weighted by molar-refractivity contribution is 6.71. The van der Waals surface area contributed by atoms with E-state index in [-0.39, 0.29) is 13.1 Å². The third kappa shape index (κ3) is 3.85. The average molecular weight is 394 g/mol. The van der Waals surface area contributed by atoms with Crippen molar-refractivity contribution in [2.75, 3.05) is 18.0 Å². The topological polar surface area (TPSA) is 73.2 Å². The lowest BCUT2D eigenvalue weighted by molar-refractivity contribution is -0.0561. The molecule has 3 atom stereocenters. The number of benzene rings is 2. The minimum atomic E-state index is -1.05. The van der Waals surface area contributed by atoms with Gasteiger partial charge in [-0.1, -0.05) is 47.3 Å². The van der Waals surface area contributed by atoms with Crippen LogP contribution in [0.25, 0.3) is 0 Å². The van der Waals surface area contributed by atoms with Crippen LogP contribution in [0.4, 0.5) is 16.2 Å². The van der Waals surface area contributed by atoms with Crippen LogP contribution in [0, 0.1) is 0 Å². The predicted molar refractivity (Wildman–Crippen MR) is 115 cm³/mol. The quantitative estimate of drug-likeness (QED) is 0.703. The molecule has 2 aliphatic heterocycles. The van der Waals surface area contributed by atoms with Gasteiger partial charge < -0.3 is 24.7 Å². The highest BCUT2D eigenvalue weighted by Crippen LogP contribution is 2.32. The largest absolute Gasteiger partial charge is 0.444 e. The van der Waals surface area contributed by atoms with Gasteiger partial charge in [-0.2, -0.15) is 0 Å². The number of fused-ring (bicyclic) bond motifs is 2. The molecule has 0 unspecified atom stereocenters. The fourth-order valence-electron chi connectivity index (χ4n) is 4.19. The number of hydrogen-bond donors (Lipinski definition) is 2. The summed E-state index contributed by atoms with van der Waals surface area (Å²) >= 11 is 0. The maximum Gasteiger partial charge on any atom is 0.410 e. The number of likely N-dealkylation sites (tertiary alicyclic amines) is 1. The van der Waals surface area contributed by atoms with E-state index in [0.717, 1.165) is 29.6 Å². The lowest BCUT2D eigenvalue weighted by Crippen LogP contribution is -2.63. The molecule has 2 N–H and O–H groups in total. The van der Waals surface area contributed by atoms with E-state index < -0.39 is 29.9 Å². The molecule has 2 heterocycles. The molecule has 0 radical (unpaired) electrons. The van der Waals surface area contributed by atoms with Crippen molar-refractivity contribution in [1.82, 2.24) is 4.90 Å². The molecule has 1 fully saturated rings. The van der Waals surface area contributed by atoms with Crippen LogP contribution in [-0.4, -0.2) is 65.4 Å². The lowest BCUT2D eigenvalue weighted by atomic mass is 9.60. The Morgan fingerprint density at radius 3 is 2.10 bits per heavy atom. The lowest BCUT2D eigenvalue weighted by Gasteiger charge is -2.47. The van der Waals surface area contributed by atoms with E-state index in [1.165, 1.54) is 4.90 Å². The summed E-state index contributed by atoms with van der Waals surface area (Å²) in [6.07, 6.45) is -2.53. The number of aliphatic hydroxyl groups excluding tert-OH is 2. The number of nitrogens with zero attached hydrogens (tertiary/aromatic N) is 2. The Bertz CT molecular complexity index is 868. The number of anilines is 2. The van der Waals surface area contributed by atoms with Crippen LogP contribution < -0.4 is 15.8 Å². The fourth-order valence-corrected chi connectivity index (χ4v) is 4.19. The van der Waals surface area contributed by atoms with Crippen molar-refractivity contribution in [2.24, 2.45) is 0 Å². The number of rotatable bonds is 1. The van der Waals surface area contributed by atoms with Crippen molar-refractivity contribution in [3.8, 4) is 0 Å². The minimum Gasteiger partial charge on any atom is -0.444 e. The molecule has 2 aliphatic rings. The number of para-hydroxylation sites is 2. The van der Waals surface area contributed by atoms with Gasteiger partial charge in [0.25, 0.3) is 0 Å². The summed E-state index contributed by atoms with van der Waals surface area (Å²) in [5.74, 6) is 0. The van der Waals surface area contributed by atoms with E-state index in [1.54, 1.807) is 0 Å². The Morgan fingerprint density at radius 1 is 1.00 bits per heavy atom. The maximum atomic E-state index is 12.7. The fraction of sp³-hybridized carbons (Fsp3) is 0.409. The summed E-state index contributed by atoms with van der Waals surface area (Å²) in [7, 11) is 0.810. The first-order valence-corrected chi connectivity index (χ1v) is 10.0. The molecule has 2 aromatic carbocycles. The predicted octanol–water partition coefficient (Wildman–Crippen LogP) is 0.866. The van der Waals surface area contributed by atoms with Gasteiger partial charge in [-0.15, -0.1) is 0 Å². The first kappa shape index (κ1) is 19.8. The van der Waals surface area contributed by atoms with Crippen LogP contribution in [0.2, 0.25) is 0 Å². The molecule has 1 amide bonds. The molecule has 4 rings (SSSR count). The third-order valence-electron chi connectivity index (χ3n) is 5.47. The summed E-state index contributed by atoms with van der Waals surface area (Å²) in [6.45, 7) is 5.75. The molecular weight excluding hydrogens is 367 g/mol. The highest BCUT2D eigenvalue weighted by atomic mass is 16.6. The van der Waals surface area contributed by atoms with Crippen LogP contribution in [-0.2, 0) is 4.74 Å². The van der Waals surface area contributed by atoms with Gasteiger partial charge in [0.1, 0.15) is 11.7 Å². The second-order valence-corrected chi connectivity index (χ2v) is 8.81. The van der Waals surface area contributed by atoms with Gasteiger partial charge in [-0.05, 0) is 32.9 Å². The molecule has 7 heteroatoms. The molecule has 0 aliphatic carbocycles. The number of carbonyl (C=O) groups excluding carboxylic acids is 1. The molecule has 0 aromatic heterocycles. The van der Waals surface area contributed by atoms with Gasteiger partial charge in [0.05, 0.1) is 18.7 Å². The van der Waals surface area contributed by atoms with Gasteiger partial charge in [-0.3, -0.25) is 0 Å². The number of carbonyl (C=O) groups is 1. The zero-order valence-corrected chi connectivity index (χ0v) is 17.1. The van der Waals surface area contributed by atoms with E-state index in [0.29, 0.717) is 0 Å². The summed E-state index contributed by atoms with van der Waals surface area (Å²) in [5, 5.41) is 21.5. The Hall–Kier alpha value is -2.51. The number of amides is 1. The maximum absolute atomic E-state index is 12.7. The molecule has 152 valence electrons. The molecule has 2 aromatic rings. The van der Waals surface area contributed by atoms with Crippen LogP contribution in [0.1, 0.15) is 20.8 Å². The minimum absolute atomic E-state index is 0.0454. The molecule has 1 saturated heterocycles. The summed E-state index contributed by atoms with van der Waals surface area (Å²) in [5.41, 5.74) is 3.67. The zero-order chi connectivity index (χ0) is 20.8. The number of aliphatic hydroxyl groups is 2. The van der Waals surface area contributed by atoms with Gasteiger partial charge in [-0.25, -0.2) is 4.79 Å². The van der Waals surface area contributed by atoms with Gasteiger partial charge in [0, 0.05) is 17.9 Å². The molecule has 0 bridgehead atoms. The summed E-state index contributed by atoms with van der Waals surface area (Å²) in [6, 6.07) is 15.7. The van der Waals surface area contributed by atoms with E-state index in [9.17, 15) is 15.0 Å². The van der Waals surface area contributed by atoms with Gasteiger partial charge in [0.15, 0.2) is 7.28 Å². The summed E-state index contributed by atoms with van der Waals surface area (Å²) < 4.78 is 5.51. The Balaban J connectivity index is 1.72. The molecular formula is C22H27BN2O4. The number of piperidine rings is 1. The highest BCUT2D eigenvalue weighted by Gasteiger charge is 2.43. The molecule has 0 saturated carbocycles. The number of β-amino-alcohol motifs (C(OH)–C–C–N with tert-alkyl or cyclic N) is 1. The van der Waals surface area contributed by atoms with Crippen LogP contribution in [0.3, 0.4) is 0 Å². The van der Waals surface area contributed by atoms with Gasteiger partial charge >= 0.3 is 6.09 Å². The molecule has 6 nitrogen and oxygen atoms in total. The Kier molecular flexibility index (Phi) is 5.04. The van der Waals surface area contributed by atoms with Crippen LogP contribution >= 0.6 is 0 Å². The summed E-state index contributed by atoms with van der Waals surface area (Å²) in [4.78, 5) is 16.2. The van der Waals surface area contributed by atoms with E-state index in [2.05, 4.69) is 17.0 Å². The normalized spacial score (nSPS) is 23.7. The van der Waals surface area contributed by atoms with E-state index >= 15 is 0 Å². The van der Waals surface area contributed by atoms with Crippen molar-refractivity contribution < 1.29 is 19.7 Å². The monoisotopic (exact) mass is 394 g/mol. The standard InChI is InChI=1S/C22H27BN2O4/c1-22(2,3)29-21(28)24-12-18(20(27)19(26)13-24)25-16-10-6-4-8-14(16)23-15-9-5-7-11-17(15)25/h4-11,18-20,23,26-27H,12-13H2,1-3H3/t18-,19-,20+/m0/s1. The first-order valence-electron chi connectivity index (χ1n) is 10.0. The van der Waals surface area contributed by atoms with Gasteiger partial charge in [0.2, 0.25) is 0 Å². The van der Waals surface area contributed by atoms with Crippen molar-refractivity contribution in [2.45, 2.75) is 44.6 Å². The second-order valence-electron chi connectivity index (χ2n) is 8.81. The Morgan fingerprint density at radius 2 is 1.55 bits per heavy atom. The van der Waals surface area contributed by atoms with Crippen molar-refractivity contribution in [3.63, 3.8) is 0 Å². The number of ether oxygens (including phenoxy) is 1. The average Bonchev–Trinajstić information content (AvgIpc) is 2.67. The Labute approximate surface area is 171 Å². The number of hydrogen-bond acceptors (Lipinski definition) is 5. The molecule has 29 heavy (non-hydrogen) atoms. The molecule has 0 spiro atoms. The van der Waals surface area contributed by atoms with Crippen molar-refractivity contribution in [3.05, 3.63) is 48.5 Å². The van der Waals surface area contributed by atoms with E-state index in [1.807, 2.05) is 57.2 Å². The van der Waals surface area contributed by atoms with E-state index in [4.69, 9.17) is 4.74 Å².